The Balaban J connectivity index is 1.53. The van der Waals surface area contributed by atoms with Crippen LogP contribution in [0.2, 0.25) is 0 Å². The van der Waals surface area contributed by atoms with E-state index in [0.29, 0.717) is 32.1 Å². The van der Waals surface area contributed by atoms with Gasteiger partial charge in [0.15, 0.2) is 11.6 Å². The molecule has 0 saturated carbocycles. The van der Waals surface area contributed by atoms with E-state index < -0.39 is 5.60 Å². The van der Waals surface area contributed by atoms with E-state index >= 15 is 0 Å². The van der Waals surface area contributed by atoms with Crippen molar-refractivity contribution in [2.75, 3.05) is 25.0 Å². The second-order valence-electron chi connectivity index (χ2n) is 9.53. The summed E-state index contributed by atoms with van der Waals surface area (Å²) in [6.45, 7) is 13.2. The molecule has 2 aliphatic rings. The van der Waals surface area contributed by atoms with Crippen molar-refractivity contribution in [1.29, 1.82) is 0 Å². The molecule has 0 aromatic carbocycles. The molecule has 0 spiro atoms. The van der Waals surface area contributed by atoms with Gasteiger partial charge in [-0.05, 0) is 45.3 Å². The van der Waals surface area contributed by atoms with Crippen molar-refractivity contribution in [2.45, 2.75) is 52.4 Å². The minimum atomic E-state index is -0.516. The van der Waals surface area contributed by atoms with E-state index in [9.17, 15) is 4.79 Å². The quantitative estimate of drug-likeness (QED) is 0.691. The van der Waals surface area contributed by atoms with Crippen molar-refractivity contribution in [3.05, 3.63) is 42.1 Å². The topological polar surface area (TPSA) is 99.3 Å². The van der Waals surface area contributed by atoms with Crippen molar-refractivity contribution in [2.24, 2.45) is 13.0 Å². The third kappa shape index (κ3) is 5.62. The highest BCUT2D eigenvalue weighted by atomic mass is 16.6. The number of amides is 1. The van der Waals surface area contributed by atoms with Gasteiger partial charge in [-0.25, -0.2) is 14.5 Å². The molecule has 2 aliphatic heterocycles. The summed E-state index contributed by atoms with van der Waals surface area (Å²) in [6, 6.07) is 1.98. The molecule has 1 saturated heterocycles. The van der Waals surface area contributed by atoms with Gasteiger partial charge >= 0.3 is 6.09 Å². The van der Waals surface area contributed by atoms with Gasteiger partial charge in [0, 0.05) is 32.1 Å². The normalized spacial score (nSPS) is 19.2. The van der Waals surface area contributed by atoms with Crippen LogP contribution in [0.5, 0.6) is 0 Å². The molecule has 1 fully saturated rings. The predicted octanol–water partition coefficient (Wildman–Crippen LogP) is 3.20. The number of hydrogen-bond donors (Lipinski definition) is 1. The van der Waals surface area contributed by atoms with E-state index in [1.165, 1.54) is 6.33 Å². The Morgan fingerprint density at radius 3 is 2.88 bits per heavy atom. The maximum absolute atomic E-state index is 12.6. The first-order valence-electron chi connectivity index (χ1n) is 11.3. The first-order valence-corrected chi connectivity index (χ1v) is 11.3. The Kier molecular flexibility index (Phi) is 6.55. The number of rotatable bonds is 5. The van der Waals surface area contributed by atoms with Crippen LogP contribution >= 0.6 is 0 Å². The molecular weight excluding hydrogens is 422 g/mol. The first-order chi connectivity index (χ1) is 15.7. The van der Waals surface area contributed by atoms with Gasteiger partial charge in [0.25, 0.3) is 0 Å². The van der Waals surface area contributed by atoms with E-state index in [0.717, 1.165) is 42.2 Å². The first kappa shape index (κ1) is 23.0. The molecule has 1 N–H and O–H groups in total. The van der Waals surface area contributed by atoms with Crippen LogP contribution in [-0.4, -0.2) is 60.8 Å². The lowest BCUT2D eigenvalue weighted by Gasteiger charge is -2.34. The van der Waals surface area contributed by atoms with Crippen LogP contribution in [-0.2, 0) is 29.7 Å². The smallest absolute Gasteiger partial charge is 0.410 e. The lowest BCUT2D eigenvalue weighted by atomic mass is 9.90. The summed E-state index contributed by atoms with van der Waals surface area (Å²) < 4.78 is 14.8. The van der Waals surface area contributed by atoms with Gasteiger partial charge in [0.05, 0.1) is 31.1 Å². The number of likely N-dealkylation sites (tertiary alicyclic amines) is 1. The van der Waals surface area contributed by atoms with Gasteiger partial charge in [-0.3, -0.25) is 4.68 Å². The van der Waals surface area contributed by atoms with Gasteiger partial charge in [0.2, 0.25) is 0 Å². The molecule has 10 heteroatoms. The maximum Gasteiger partial charge on any atom is 0.410 e. The van der Waals surface area contributed by atoms with E-state index in [2.05, 4.69) is 27.1 Å². The van der Waals surface area contributed by atoms with E-state index in [1.54, 1.807) is 9.58 Å². The Morgan fingerprint density at radius 2 is 2.18 bits per heavy atom. The number of nitrogens with one attached hydrogen (secondary N) is 1. The SMILES string of the molecule is C=C(/C=C(/Nc1cc2n(n1)CCOC2)c1ncnn1C)[C@H]1CCCN(C(=O)OC(C)(C)C)C1. The Labute approximate surface area is 194 Å². The molecule has 1 atom stereocenters. The number of carbonyl (C=O) groups excluding carboxylic acids is 1. The highest BCUT2D eigenvalue weighted by Crippen LogP contribution is 2.28. The Morgan fingerprint density at radius 1 is 1.36 bits per heavy atom. The second kappa shape index (κ2) is 9.38. The number of carbonyl (C=O) groups is 1. The lowest BCUT2D eigenvalue weighted by Crippen LogP contribution is -2.43. The molecule has 2 aromatic heterocycles. The third-order valence-corrected chi connectivity index (χ3v) is 5.70. The fraction of sp³-hybridized carbons (Fsp3) is 0.565. The fourth-order valence-corrected chi connectivity index (χ4v) is 4.06. The minimum absolute atomic E-state index is 0.125. The number of ether oxygens (including phenoxy) is 2. The van der Waals surface area contributed by atoms with Gasteiger partial charge in [-0.1, -0.05) is 6.58 Å². The van der Waals surface area contributed by atoms with Crippen LogP contribution in [0.1, 0.15) is 45.1 Å². The predicted molar refractivity (Wildman–Crippen MR) is 124 cm³/mol. The van der Waals surface area contributed by atoms with E-state index in [1.807, 2.05) is 44.6 Å². The zero-order valence-electron chi connectivity index (χ0n) is 19.9. The van der Waals surface area contributed by atoms with Gasteiger partial charge in [0.1, 0.15) is 11.9 Å². The average Bonchev–Trinajstić information content (AvgIpc) is 3.37. The van der Waals surface area contributed by atoms with E-state index in [-0.39, 0.29) is 12.0 Å². The highest BCUT2D eigenvalue weighted by Gasteiger charge is 2.29. The van der Waals surface area contributed by atoms with Crippen LogP contribution in [0, 0.1) is 5.92 Å². The molecule has 178 valence electrons. The average molecular weight is 456 g/mol. The van der Waals surface area contributed by atoms with Gasteiger partial charge in [-0.15, -0.1) is 0 Å². The standard InChI is InChI=1S/C23H33N7O3/c1-16(17-7-6-8-29(13-17)22(31)33-23(2,3)4)11-19(21-24-15-25-28(21)5)26-20-12-18-14-32-10-9-30(18)27-20/h11-12,15,17H,1,6-10,13-14H2,2-5H3,(H,26,27)/b19-11+/t17-/m0/s1. The summed E-state index contributed by atoms with van der Waals surface area (Å²) >= 11 is 0. The molecule has 0 unspecified atom stereocenters. The fourth-order valence-electron chi connectivity index (χ4n) is 4.06. The second-order valence-corrected chi connectivity index (χ2v) is 9.53. The summed E-state index contributed by atoms with van der Waals surface area (Å²) in [7, 11) is 1.84. The number of allylic oxidation sites excluding steroid dienone is 1. The molecule has 2 aromatic rings. The van der Waals surface area contributed by atoms with Crippen molar-refractivity contribution in [3.8, 4) is 0 Å². The number of aromatic nitrogens is 5. The summed E-state index contributed by atoms with van der Waals surface area (Å²) in [4.78, 5) is 18.8. The summed E-state index contributed by atoms with van der Waals surface area (Å²) in [5, 5.41) is 12.3. The Bertz CT molecular complexity index is 1020. The van der Waals surface area contributed by atoms with Gasteiger partial charge < -0.3 is 19.7 Å². The monoisotopic (exact) mass is 455 g/mol. The van der Waals surface area contributed by atoms with Crippen LogP contribution in [0.4, 0.5) is 10.6 Å². The van der Waals surface area contributed by atoms with E-state index in [4.69, 9.17) is 9.47 Å². The van der Waals surface area contributed by atoms with Crippen molar-refractivity contribution >= 4 is 17.6 Å². The number of aryl methyl sites for hydroxylation is 1. The van der Waals surface area contributed by atoms with Crippen LogP contribution in [0.3, 0.4) is 0 Å². The zero-order valence-corrected chi connectivity index (χ0v) is 19.9. The Hall–Kier alpha value is -3.14. The number of fused-ring (bicyclic) bond motifs is 1. The molecule has 4 heterocycles. The molecule has 0 bridgehead atoms. The van der Waals surface area contributed by atoms with Crippen molar-refractivity contribution in [1.82, 2.24) is 29.4 Å². The number of nitrogens with zero attached hydrogens (tertiary/aromatic N) is 6. The lowest BCUT2D eigenvalue weighted by molar-refractivity contribution is 0.0184. The van der Waals surface area contributed by atoms with Crippen LogP contribution in [0.15, 0.2) is 30.6 Å². The molecule has 0 radical (unpaired) electrons. The third-order valence-electron chi connectivity index (χ3n) is 5.70. The molecule has 0 aliphatic carbocycles. The minimum Gasteiger partial charge on any atom is -0.444 e. The van der Waals surface area contributed by atoms with Crippen molar-refractivity contribution in [3.63, 3.8) is 0 Å². The largest absolute Gasteiger partial charge is 0.444 e. The molecule has 10 nitrogen and oxygen atoms in total. The van der Waals surface area contributed by atoms with Crippen LogP contribution < -0.4 is 5.32 Å². The summed E-state index contributed by atoms with van der Waals surface area (Å²) in [5.41, 5.74) is 2.19. The maximum atomic E-state index is 12.6. The van der Waals surface area contributed by atoms with Crippen LogP contribution in [0.25, 0.3) is 5.70 Å². The molecular formula is C23H33N7O3. The summed E-state index contributed by atoms with van der Waals surface area (Å²) in [5.74, 6) is 1.52. The number of hydrogen-bond acceptors (Lipinski definition) is 7. The van der Waals surface area contributed by atoms with Gasteiger partial charge in [-0.2, -0.15) is 10.2 Å². The molecule has 33 heavy (non-hydrogen) atoms. The highest BCUT2D eigenvalue weighted by molar-refractivity contribution is 5.74. The zero-order chi connectivity index (χ0) is 23.6. The molecule has 1 amide bonds. The number of piperidine rings is 1. The van der Waals surface area contributed by atoms with Crippen molar-refractivity contribution < 1.29 is 14.3 Å². The molecule has 4 rings (SSSR count). The summed E-state index contributed by atoms with van der Waals surface area (Å²) in [6.07, 6.45) is 5.09. The number of anilines is 1.